The first kappa shape index (κ1) is 8.49. The van der Waals surface area contributed by atoms with Crippen LogP contribution in [-0.2, 0) is 9.53 Å². The topological polar surface area (TPSA) is 58.6 Å². The predicted octanol–water partition coefficient (Wildman–Crippen LogP) is -0.162. The molecule has 2 N–H and O–H groups in total. The van der Waals surface area contributed by atoms with E-state index in [0.717, 1.165) is 13.1 Å². The second-order valence-corrected chi connectivity index (χ2v) is 3.21. The maximum absolute atomic E-state index is 10.6. The molecule has 4 nitrogen and oxygen atoms in total. The number of rotatable bonds is 3. The molecule has 0 aromatic heterocycles. The van der Waals surface area contributed by atoms with Crippen molar-refractivity contribution in [2.75, 3.05) is 13.1 Å². The van der Waals surface area contributed by atoms with Gasteiger partial charge in [0.1, 0.15) is 0 Å². The molecule has 1 saturated heterocycles. The van der Waals surface area contributed by atoms with Crippen LogP contribution in [0.25, 0.3) is 0 Å². The Morgan fingerprint density at radius 1 is 1.64 bits per heavy atom. The van der Waals surface area contributed by atoms with Gasteiger partial charge in [-0.3, -0.25) is 0 Å². The van der Waals surface area contributed by atoms with Crippen LogP contribution in [0.4, 0.5) is 0 Å². The lowest BCUT2D eigenvalue weighted by Gasteiger charge is -2.33. The molecule has 1 aliphatic heterocycles. The van der Waals surface area contributed by atoms with Crippen molar-refractivity contribution in [3.8, 4) is 0 Å². The number of carbonyl (C=O) groups is 1. The molecule has 0 spiro atoms. The van der Waals surface area contributed by atoms with E-state index in [9.17, 15) is 4.79 Å². The van der Waals surface area contributed by atoms with Crippen LogP contribution in [-0.4, -0.2) is 35.9 Å². The average molecular weight is 159 g/mol. The number of carboxylic acid groups (broad SMARTS) is 1. The molecule has 1 aliphatic rings. The van der Waals surface area contributed by atoms with Crippen molar-refractivity contribution in [3.05, 3.63) is 0 Å². The summed E-state index contributed by atoms with van der Waals surface area (Å²) in [6.07, 6.45) is 0.0705. The summed E-state index contributed by atoms with van der Waals surface area (Å²) in [5, 5.41) is 11.7. The number of hydrogen-bond acceptors (Lipinski definition) is 3. The Hall–Kier alpha value is -0.610. The van der Waals surface area contributed by atoms with Crippen LogP contribution in [0, 0.1) is 0 Å². The highest BCUT2D eigenvalue weighted by Gasteiger charge is 2.33. The second kappa shape index (κ2) is 2.79. The van der Waals surface area contributed by atoms with E-state index >= 15 is 0 Å². The van der Waals surface area contributed by atoms with Gasteiger partial charge in [0.05, 0.1) is 6.10 Å². The van der Waals surface area contributed by atoms with Crippen molar-refractivity contribution in [1.29, 1.82) is 0 Å². The first-order chi connectivity index (χ1) is 5.02. The minimum Gasteiger partial charge on any atom is -0.479 e. The molecule has 1 fully saturated rings. The normalized spacial score (nSPS) is 19.5. The van der Waals surface area contributed by atoms with Gasteiger partial charge in [0.15, 0.2) is 5.60 Å². The third-order valence-electron chi connectivity index (χ3n) is 1.72. The Morgan fingerprint density at radius 3 is 2.45 bits per heavy atom. The van der Waals surface area contributed by atoms with E-state index in [4.69, 9.17) is 9.84 Å². The molecule has 0 aromatic rings. The number of ether oxygens (including phenoxy) is 1. The average Bonchev–Trinajstić information content (AvgIpc) is 1.79. The van der Waals surface area contributed by atoms with E-state index in [1.165, 1.54) is 0 Å². The van der Waals surface area contributed by atoms with Crippen molar-refractivity contribution in [2.45, 2.75) is 25.6 Å². The van der Waals surface area contributed by atoms with Gasteiger partial charge in [-0.1, -0.05) is 0 Å². The molecule has 0 aromatic carbocycles. The van der Waals surface area contributed by atoms with Gasteiger partial charge < -0.3 is 15.2 Å². The van der Waals surface area contributed by atoms with Crippen LogP contribution < -0.4 is 5.32 Å². The molecule has 4 heteroatoms. The third kappa shape index (κ3) is 1.91. The molecule has 1 heterocycles. The molecule has 0 radical (unpaired) electrons. The van der Waals surface area contributed by atoms with Crippen molar-refractivity contribution in [3.63, 3.8) is 0 Å². The zero-order valence-corrected chi connectivity index (χ0v) is 6.76. The van der Waals surface area contributed by atoms with Crippen molar-refractivity contribution < 1.29 is 14.6 Å². The van der Waals surface area contributed by atoms with Gasteiger partial charge in [-0.15, -0.1) is 0 Å². The molecule has 1 rings (SSSR count). The number of carboxylic acids is 1. The summed E-state index contributed by atoms with van der Waals surface area (Å²) in [6, 6.07) is 0. The maximum atomic E-state index is 10.6. The summed E-state index contributed by atoms with van der Waals surface area (Å²) in [5.41, 5.74) is -1.05. The summed E-state index contributed by atoms with van der Waals surface area (Å²) in [5.74, 6) is -0.913. The zero-order valence-electron chi connectivity index (χ0n) is 6.76. The fraction of sp³-hybridized carbons (Fsp3) is 0.857. The molecule has 0 saturated carbocycles. The van der Waals surface area contributed by atoms with Crippen molar-refractivity contribution in [2.24, 2.45) is 0 Å². The standard InChI is InChI=1S/C7H13NO3/c1-7(2,6(9)10)11-5-3-8-4-5/h5,8H,3-4H2,1-2H3,(H,9,10). The number of hydrogen-bond donors (Lipinski definition) is 2. The predicted molar refractivity (Wildman–Crippen MR) is 39.5 cm³/mol. The van der Waals surface area contributed by atoms with Gasteiger partial charge in [-0.25, -0.2) is 4.79 Å². The Morgan fingerprint density at radius 2 is 2.18 bits per heavy atom. The van der Waals surface area contributed by atoms with Crippen LogP contribution in [0.15, 0.2) is 0 Å². The minimum atomic E-state index is -1.05. The fourth-order valence-electron chi connectivity index (χ4n) is 0.813. The first-order valence-electron chi connectivity index (χ1n) is 3.64. The second-order valence-electron chi connectivity index (χ2n) is 3.21. The van der Waals surface area contributed by atoms with E-state index in [1.807, 2.05) is 0 Å². The van der Waals surface area contributed by atoms with Crippen LogP contribution in [0.2, 0.25) is 0 Å². The van der Waals surface area contributed by atoms with Crippen LogP contribution >= 0.6 is 0 Å². The van der Waals surface area contributed by atoms with Gasteiger partial charge in [0, 0.05) is 13.1 Å². The van der Waals surface area contributed by atoms with Crippen LogP contribution in [0.1, 0.15) is 13.8 Å². The number of nitrogens with one attached hydrogen (secondary N) is 1. The van der Waals surface area contributed by atoms with Gasteiger partial charge in [0.2, 0.25) is 0 Å². The van der Waals surface area contributed by atoms with Gasteiger partial charge >= 0.3 is 5.97 Å². The Bertz CT molecular complexity index is 163. The quantitative estimate of drug-likeness (QED) is 0.600. The van der Waals surface area contributed by atoms with Crippen LogP contribution in [0.3, 0.4) is 0 Å². The van der Waals surface area contributed by atoms with Crippen molar-refractivity contribution >= 4 is 5.97 Å². The minimum absolute atomic E-state index is 0.0705. The molecule has 0 aliphatic carbocycles. The molecule has 0 unspecified atom stereocenters. The summed E-state index contributed by atoms with van der Waals surface area (Å²) in [4.78, 5) is 10.6. The zero-order chi connectivity index (χ0) is 8.48. The Labute approximate surface area is 65.5 Å². The number of aliphatic carboxylic acids is 1. The summed E-state index contributed by atoms with van der Waals surface area (Å²) < 4.78 is 5.27. The van der Waals surface area contributed by atoms with E-state index in [-0.39, 0.29) is 6.10 Å². The fourth-order valence-corrected chi connectivity index (χ4v) is 0.813. The molecule has 64 valence electrons. The largest absolute Gasteiger partial charge is 0.479 e. The highest BCUT2D eigenvalue weighted by Crippen LogP contribution is 2.14. The molecule has 0 bridgehead atoms. The summed E-state index contributed by atoms with van der Waals surface area (Å²) >= 11 is 0. The van der Waals surface area contributed by atoms with Gasteiger partial charge in [-0.05, 0) is 13.8 Å². The van der Waals surface area contributed by atoms with E-state index in [2.05, 4.69) is 5.32 Å². The van der Waals surface area contributed by atoms with E-state index < -0.39 is 11.6 Å². The molecule has 0 amide bonds. The summed E-state index contributed by atoms with van der Waals surface area (Å²) in [6.45, 7) is 4.65. The monoisotopic (exact) mass is 159 g/mol. The molecular formula is C7H13NO3. The molecular weight excluding hydrogens is 146 g/mol. The van der Waals surface area contributed by atoms with Crippen LogP contribution in [0.5, 0.6) is 0 Å². The van der Waals surface area contributed by atoms with Gasteiger partial charge in [-0.2, -0.15) is 0 Å². The molecule has 11 heavy (non-hydrogen) atoms. The lowest BCUT2D eigenvalue weighted by atomic mass is 10.1. The van der Waals surface area contributed by atoms with E-state index in [0.29, 0.717) is 0 Å². The highest BCUT2D eigenvalue weighted by atomic mass is 16.5. The first-order valence-corrected chi connectivity index (χ1v) is 3.64. The Kier molecular flexibility index (Phi) is 2.15. The SMILES string of the molecule is CC(C)(OC1CNC1)C(=O)O. The third-order valence-corrected chi connectivity index (χ3v) is 1.72. The lowest BCUT2D eigenvalue weighted by molar-refractivity contribution is -0.171. The van der Waals surface area contributed by atoms with E-state index in [1.54, 1.807) is 13.8 Å². The summed E-state index contributed by atoms with van der Waals surface area (Å²) in [7, 11) is 0. The maximum Gasteiger partial charge on any atom is 0.335 e. The molecule has 0 atom stereocenters. The highest BCUT2D eigenvalue weighted by molar-refractivity contribution is 5.76. The Balaban J connectivity index is 2.38. The lowest BCUT2D eigenvalue weighted by Crippen LogP contribution is -2.53. The van der Waals surface area contributed by atoms with Crippen molar-refractivity contribution in [1.82, 2.24) is 5.32 Å². The smallest absolute Gasteiger partial charge is 0.335 e. The van der Waals surface area contributed by atoms with Gasteiger partial charge in [0.25, 0.3) is 0 Å².